The van der Waals surface area contributed by atoms with Crippen molar-refractivity contribution < 1.29 is 22.3 Å². The number of aryl methyl sites for hydroxylation is 1. The van der Waals surface area contributed by atoms with Crippen LogP contribution < -0.4 is 9.13 Å². The number of aromatic nitrogens is 7. The molecule has 1 atom stereocenters. The van der Waals surface area contributed by atoms with Crippen molar-refractivity contribution in [2.75, 3.05) is 0 Å². The molecule has 0 N–H and O–H groups in total. The number of halogens is 3. The monoisotopic (exact) mass is 593 g/mol. The van der Waals surface area contributed by atoms with Gasteiger partial charge >= 0.3 is 12.1 Å². The van der Waals surface area contributed by atoms with E-state index in [1.807, 2.05) is 70.8 Å². The lowest BCUT2D eigenvalue weighted by atomic mass is 9.84. The van der Waals surface area contributed by atoms with Crippen molar-refractivity contribution in [1.29, 1.82) is 0 Å². The van der Waals surface area contributed by atoms with Gasteiger partial charge in [0.15, 0.2) is 12.4 Å². The number of fused-ring (bicyclic) bond motifs is 12. The molecule has 44 heavy (non-hydrogen) atoms. The highest BCUT2D eigenvalue weighted by atomic mass is 19.4. The second kappa shape index (κ2) is 8.84. The normalized spacial score (nSPS) is 16.7. The third-order valence-corrected chi connectivity index (χ3v) is 8.85. The van der Waals surface area contributed by atoms with Gasteiger partial charge in [0.2, 0.25) is 11.5 Å². The summed E-state index contributed by atoms with van der Waals surface area (Å²) in [7, 11) is 0. The zero-order valence-electron chi connectivity index (χ0n) is 24.9. The smallest absolute Gasteiger partial charge is 0.197 e. The van der Waals surface area contributed by atoms with Crippen molar-refractivity contribution in [3.8, 4) is 34.0 Å². The first kappa shape index (κ1) is 26.7. The van der Waals surface area contributed by atoms with Crippen molar-refractivity contribution in [2.24, 2.45) is 0 Å². The van der Waals surface area contributed by atoms with Gasteiger partial charge in [-0.05, 0) is 53.6 Å². The molecule has 6 aromatic rings. The summed E-state index contributed by atoms with van der Waals surface area (Å²) in [5.74, 6) is -2.03. The molecule has 2 aromatic carbocycles. The summed E-state index contributed by atoms with van der Waals surface area (Å²) in [4.78, 5) is 4.17. The van der Waals surface area contributed by atoms with Gasteiger partial charge in [0.25, 0.3) is 11.5 Å². The minimum Gasteiger partial charge on any atom is -0.197 e. The molecule has 0 amide bonds. The van der Waals surface area contributed by atoms with Crippen LogP contribution >= 0.6 is 0 Å². The van der Waals surface area contributed by atoms with E-state index in [1.165, 1.54) is 15.8 Å². The molecule has 0 fully saturated rings. The van der Waals surface area contributed by atoms with Crippen LogP contribution in [0.4, 0.5) is 13.2 Å². The Balaban J connectivity index is 1.60. The number of benzene rings is 2. The first-order valence-electron chi connectivity index (χ1n) is 14.8. The summed E-state index contributed by atoms with van der Waals surface area (Å²) in [6, 6.07) is 22.0. The Morgan fingerprint density at radius 3 is 2.16 bits per heavy atom. The van der Waals surface area contributed by atoms with Crippen LogP contribution in [0, 0.1) is 6.92 Å². The fourth-order valence-corrected chi connectivity index (χ4v) is 7.08. The largest absolute Gasteiger partial charge is 0.584 e. The van der Waals surface area contributed by atoms with Gasteiger partial charge in [-0.25, -0.2) is 0 Å². The predicted molar refractivity (Wildman–Crippen MR) is 159 cm³/mol. The highest BCUT2D eigenvalue weighted by Crippen LogP contribution is 2.45. The predicted octanol–water partition coefficient (Wildman–Crippen LogP) is 6.62. The Bertz CT molecular complexity index is 2130. The molecule has 2 aliphatic heterocycles. The Morgan fingerprint density at radius 2 is 1.48 bits per heavy atom. The van der Waals surface area contributed by atoms with E-state index in [0.717, 1.165) is 39.0 Å². The molecule has 0 aliphatic carbocycles. The van der Waals surface area contributed by atoms with E-state index in [4.69, 9.17) is 5.10 Å². The maximum Gasteiger partial charge on any atom is 0.584 e. The Morgan fingerprint density at radius 1 is 0.795 bits per heavy atom. The number of hydrogen-bond acceptors (Lipinski definition) is 3. The summed E-state index contributed by atoms with van der Waals surface area (Å²) >= 11 is 0. The number of hydrogen-bond donors (Lipinski definition) is 0. The second-order valence-corrected chi connectivity index (χ2v) is 12.2. The SMILES string of the molecule is Cc1cc2n(n1)C1(n3nc(C(F)(F)F)nc3-c3c4ccccc4c(-c4c(C(C)C)cccc4C(C)C)c[n+]31)[n+]1ccccc1-2. The van der Waals surface area contributed by atoms with E-state index in [2.05, 4.69) is 62.2 Å². The van der Waals surface area contributed by atoms with Gasteiger partial charge in [0, 0.05) is 17.5 Å². The Hall–Kier alpha value is -4.86. The Kier molecular flexibility index (Phi) is 5.37. The van der Waals surface area contributed by atoms with Crippen LogP contribution in [0.3, 0.4) is 0 Å². The standard InChI is InChI=1S/C34H30F3N7/c1-19(2)22-13-10-14-23(20(3)4)29(22)26-18-42-30(25-12-7-6-11-24(25)26)31-38-32(33(35,36)37)40-44(31)34(42)41-16-9-8-15-27(41)28-17-21(5)39-43(28)34/h6-20H,1-5H3/q+2. The van der Waals surface area contributed by atoms with Gasteiger partial charge in [-0.2, -0.15) is 23.3 Å². The van der Waals surface area contributed by atoms with E-state index in [0.29, 0.717) is 5.69 Å². The van der Waals surface area contributed by atoms with Gasteiger partial charge < -0.3 is 0 Å². The van der Waals surface area contributed by atoms with Gasteiger partial charge in [0.1, 0.15) is 5.69 Å². The lowest BCUT2D eigenvalue weighted by Crippen LogP contribution is -2.77. The van der Waals surface area contributed by atoms with E-state index in [-0.39, 0.29) is 17.7 Å². The molecule has 2 aliphatic rings. The van der Waals surface area contributed by atoms with Crippen molar-refractivity contribution in [2.45, 2.75) is 58.5 Å². The van der Waals surface area contributed by atoms with Gasteiger partial charge in [-0.1, -0.05) is 77.9 Å². The van der Waals surface area contributed by atoms with Gasteiger partial charge in [-0.3, -0.25) is 0 Å². The topological polar surface area (TPSA) is 56.3 Å². The second-order valence-electron chi connectivity index (χ2n) is 12.2. The van der Waals surface area contributed by atoms with Gasteiger partial charge in [0.05, 0.1) is 16.6 Å². The fourth-order valence-electron chi connectivity index (χ4n) is 7.08. The lowest BCUT2D eigenvalue weighted by Gasteiger charge is -2.21. The molecule has 4 aromatic heterocycles. The van der Waals surface area contributed by atoms with E-state index in [9.17, 15) is 13.2 Å². The molecule has 0 saturated carbocycles. The maximum atomic E-state index is 14.3. The van der Waals surface area contributed by atoms with Crippen LogP contribution in [0.15, 0.2) is 79.1 Å². The molecule has 0 saturated heterocycles. The summed E-state index contributed by atoms with van der Waals surface area (Å²) in [6.07, 6.45) is -0.784. The molecular formula is C34H30F3N7+2. The quantitative estimate of drug-likeness (QED) is 0.217. The molecule has 6 heterocycles. The number of alkyl halides is 3. The van der Waals surface area contributed by atoms with Crippen molar-refractivity contribution in [1.82, 2.24) is 24.5 Å². The first-order valence-corrected chi connectivity index (χ1v) is 14.8. The lowest BCUT2D eigenvalue weighted by molar-refractivity contribution is -0.990. The minimum atomic E-state index is -4.73. The van der Waals surface area contributed by atoms with Gasteiger partial charge in [-0.15, -0.1) is 9.78 Å². The van der Waals surface area contributed by atoms with E-state index < -0.39 is 17.9 Å². The summed E-state index contributed by atoms with van der Waals surface area (Å²) in [6.45, 7) is 10.6. The van der Waals surface area contributed by atoms with Crippen LogP contribution in [0.5, 0.6) is 0 Å². The summed E-state index contributed by atoms with van der Waals surface area (Å²) < 4.78 is 49.9. The highest BCUT2D eigenvalue weighted by Gasteiger charge is 2.71. The average Bonchev–Trinajstić information content (AvgIpc) is 3.72. The zero-order valence-corrected chi connectivity index (χ0v) is 24.9. The highest BCUT2D eigenvalue weighted by molar-refractivity contribution is 6.02. The van der Waals surface area contributed by atoms with Crippen molar-refractivity contribution in [3.63, 3.8) is 0 Å². The summed E-state index contributed by atoms with van der Waals surface area (Å²) in [5, 5.41) is 10.8. The first-order chi connectivity index (χ1) is 21.0. The van der Waals surface area contributed by atoms with Crippen LogP contribution in [0.2, 0.25) is 0 Å². The third-order valence-electron chi connectivity index (χ3n) is 8.85. The molecule has 0 radical (unpaired) electrons. The Labute approximate surface area is 251 Å². The molecular weight excluding hydrogens is 563 g/mol. The van der Waals surface area contributed by atoms with Crippen molar-refractivity contribution >= 4 is 10.8 Å². The molecule has 1 unspecified atom stereocenters. The van der Waals surface area contributed by atoms with Crippen LogP contribution in [-0.4, -0.2) is 24.5 Å². The molecule has 10 heteroatoms. The molecule has 7 nitrogen and oxygen atoms in total. The zero-order chi connectivity index (χ0) is 30.7. The summed E-state index contributed by atoms with van der Waals surface area (Å²) in [5.41, 5.74) is 7.42. The fraction of sp³-hybridized carbons (Fsp3) is 0.265. The van der Waals surface area contributed by atoms with Crippen molar-refractivity contribution in [3.05, 3.63) is 102 Å². The van der Waals surface area contributed by atoms with E-state index in [1.54, 1.807) is 4.68 Å². The van der Waals surface area contributed by atoms with Crippen LogP contribution in [0.1, 0.15) is 62.2 Å². The van der Waals surface area contributed by atoms with Crippen LogP contribution in [0.25, 0.3) is 44.8 Å². The third kappa shape index (κ3) is 3.31. The van der Waals surface area contributed by atoms with Crippen LogP contribution in [-0.2, 0) is 12.1 Å². The molecule has 1 spiro atoms. The number of nitrogens with zero attached hydrogens (tertiary/aromatic N) is 7. The molecule has 220 valence electrons. The average molecular weight is 594 g/mol. The number of rotatable bonds is 3. The number of pyridine rings is 2. The molecule has 8 rings (SSSR count). The maximum absolute atomic E-state index is 14.3. The molecule has 0 bridgehead atoms. The minimum absolute atomic E-state index is 0.129. The van der Waals surface area contributed by atoms with E-state index >= 15 is 0 Å².